The second-order valence-electron chi connectivity index (χ2n) is 8.22. The van der Waals surface area contributed by atoms with Crippen molar-refractivity contribution in [2.75, 3.05) is 11.2 Å². The van der Waals surface area contributed by atoms with Gasteiger partial charge in [-0.25, -0.2) is 8.42 Å². The molecular formula is C26H25ClN2O3S. The lowest BCUT2D eigenvalue weighted by atomic mass is 9.97. The van der Waals surface area contributed by atoms with Crippen LogP contribution in [0.1, 0.15) is 40.0 Å². The van der Waals surface area contributed by atoms with Gasteiger partial charge in [-0.15, -0.1) is 0 Å². The number of nitrogens with zero attached hydrogens (tertiary/aromatic N) is 1. The standard InChI is InChI=1S/C26H25ClN2O3S/c1-18(15-16-33(2,31)32)28-26(30)19-11-13-21(14-12-19)29-17-20-7-3-4-8-22(20)25(29)23-9-5-6-10-24(23)27/h3-16,18,25H,17H2,1-2H3,(H,28,30)/b16-15+/t18-,25+/m1/s1. The zero-order valence-electron chi connectivity index (χ0n) is 18.4. The van der Waals surface area contributed by atoms with E-state index in [4.69, 9.17) is 11.6 Å². The first kappa shape index (κ1) is 23.1. The molecule has 0 aromatic heterocycles. The Hall–Kier alpha value is -3.09. The quantitative estimate of drug-likeness (QED) is 0.531. The summed E-state index contributed by atoms with van der Waals surface area (Å²) in [5.74, 6) is -0.264. The van der Waals surface area contributed by atoms with Crippen LogP contribution in [0.15, 0.2) is 84.3 Å². The first-order chi connectivity index (χ1) is 15.7. The largest absolute Gasteiger partial charge is 0.356 e. The van der Waals surface area contributed by atoms with Crippen LogP contribution in [0.3, 0.4) is 0 Å². The Balaban J connectivity index is 1.57. The van der Waals surface area contributed by atoms with Crippen molar-refractivity contribution in [3.63, 3.8) is 0 Å². The maximum Gasteiger partial charge on any atom is 0.251 e. The number of benzene rings is 3. The van der Waals surface area contributed by atoms with Crippen LogP contribution in [-0.2, 0) is 16.4 Å². The molecule has 0 unspecified atom stereocenters. The summed E-state index contributed by atoms with van der Waals surface area (Å²) in [4.78, 5) is 14.9. The number of nitrogens with one attached hydrogen (secondary N) is 1. The molecule has 1 aliphatic rings. The lowest BCUT2D eigenvalue weighted by Crippen LogP contribution is -2.31. The van der Waals surface area contributed by atoms with Crippen LogP contribution >= 0.6 is 11.6 Å². The highest BCUT2D eigenvalue weighted by molar-refractivity contribution is 7.93. The van der Waals surface area contributed by atoms with E-state index in [1.54, 1.807) is 19.1 Å². The molecule has 3 aromatic rings. The second kappa shape index (κ2) is 9.41. The van der Waals surface area contributed by atoms with E-state index in [1.807, 2.05) is 42.5 Å². The highest BCUT2D eigenvalue weighted by Gasteiger charge is 2.32. The minimum atomic E-state index is -3.24. The fourth-order valence-electron chi connectivity index (χ4n) is 4.06. The molecule has 0 fully saturated rings. The maximum atomic E-state index is 12.6. The van der Waals surface area contributed by atoms with Gasteiger partial charge in [0.2, 0.25) is 0 Å². The van der Waals surface area contributed by atoms with Gasteiger partial charge in [0.1, 0.15) is 0 Å². The number of carbonyl (C=O) groups is 1. The molecule has 1 amide bonds. The Morgan fingerprint density at radius 2 is 1.67 bits per heavy atom. The molecule has 33 heavy (non-hydrogen) atoms. The molecule has 7 heteroatoms. The molecule has 0 bridgehead atoms. The first-order valence-electron chi connectivity index (χ1n) is 10.6. The SMILES string of the molecule is C[C@H](/C=C/S(C)(=O)=O)NC(=O)c1ccc(N2Cc3ccccc3[C@H]2c2ccccc2Cl)cc1. The third-order valence-corrected chi connectivity index (χ3v) is 6.63. The summed E-state index contributed by atoms with van der Waals surface area (Å²) in [6, 6.07) is 23.2. The Morgan fingerprint density at radius 1 is 1.03 bits per heavy atom. The summed E-state index contributed by atoms with van der Waals surface area (Å²) in [6.07, 6.45) is 2.57. The molecule has 0 aliphatic carbocycles. The highest BCUT2D eigenvalue weighted by atomic mass is 35.5. The summed E-state index contributed by atoms with van der Waals surface area (Å²) in [6.45, 7) is 2.47. The molecule has 1 aliphatic heterocycles. The lowest BCUT2D eigenvalue weighted by Gasteiger charge is -2.28. The third-order valence-electron chi connectivity index (χ3n) is 5.64. The van der Waals surface area contributed by atoms with Crippen molar-refractivity contribution in [3.8, 4) is 0 Å². The average Bonchev–Trinajstić information content (AvgIpc) is 3.17. The summed E-state index contributed by atoms with van der Waals surface area (Å²) < 4.78 is 22.5. The van der Waals surface area contributed by atoms with Gasteiger partial charge in [0.05, 0.1) is 6.04 Å². The molecule has 170 valence electrons. The minimum absolute atomic E-state index is 0.0178. The van der Waals surface area contributed by atoms with Crippen LogP contribution in [0.5, 0.6) is 0 Å². The molecule has 0 saturated heterocycles. The Kier molecular flexibility index (Phi) is 6.58. The van der Waals surface area contributed by atoms with Gasteiger partial charge in [0, 0.05) is 40.5 Å². The fraction of sp³-hybridized carbons (Fsp3) is 0.192. The molecule has 1 N–H and O–H groups in total. The number of hydrogen-bond donors (Lipinski definition) is 1. The van der Waals surface area contributed by atoms with E-state index >= 15 is 0 Å². The molecule has 0 saturated carbocycles. The van der Waals surface area contributed by atoms with Gasteiger partial charge in [0.15, 0.2) is 9.84 Å². The predicted molar refractivity (Wildman–Crippen MR) is 133 cm³/mol. The molecule has 5 nitrogen and oxygen atoms in total. The van der Waals surface area contributed by atoms with Crippen molar-refractivity contribution in [3.05, 3.63) is 112 Å². The third kappa shape index (κ3) is 5.29. The van der Waals surface area contributed by atoms with Crippen LogP contribution < -0.4 is 10.2 Å². The number of rotatable bonds is 6. The Bertz CT molecular complexity index is 1300. The normalized spacial score (nSPS) is 16.6. The molecule has 1 heterocycles. The van der Waals surface area contributed by atoms with Crippen molar-refractivity contribution >= 4 is 33.0 Å². The van der Waals surface area contributed by atoms with Crippen LogP contribution in [0, 0.1) is 0 Å². The summed E-state index contributed by atoms with van der Waals surface area (Å²) in [5.41, 5.74) is 4.99. The zero-order chi connectivity index (χ0) is 23.6. The summed E-state index contributed by atoms with van der Waals surface area (Å²) in [7, 11) is -3.24. The van der Waals surface area contributed by atoms with Gasteiger partial charge in [-0.3, -0.25) is 4.79 Å². The van der Waals surface area contributed by atoms with E-state index in [0.717, 1.165) is 34.5 Å². The van der Waals surface area contributed by atoms with Crippen molar-refractivity contribution in [2.24, 2.45) is 0 Å². The van der Waals surface area contributed by atoms with E-state index in [9.17, 15) is 13.2 Å². The van der Waals surface area contributed by atoms with E-state index in [-0.39, 0.29) is 11.9 Å². The zero-order valence-corrected chi connectivity index (χ0v) is 20.0. The number of halogens is 1. The van der Waals surface area contributed by atoms with Gasteiger partial charge < -0.3 is 10.2 Å². The van der Waals surface area contributed by atoms with Crippen molar-refractivity contribution in [2.45, 2.75) is 25.6 Å². The molecule has 0 radical (unpaired) electrons. The van der Waals surface area contributed by atoms with Crippen LogP contribution in [0.25, 0.3) is 0 Å². The van der Waals surface area contributed by atoms with Crippen LogP contribution in [0.4, 0.5) is 5.69 Å². The number of amides is 1. The topological polar surface area (TPSA) is 66.5 Å². The van der Waals surface area contributed by atoms with E-state index in [1.165, 1.54) is 17.2 Å². The Morgan fingerprint density at radius 3 is 2.33 bits per heavy atom. The van der Waals surface area contributed by atoms with E-state index < -0.39 is 15.9 Å². The molecular weight excluding hydrogens is 456 g/mol. The van der Waals surface area contributed by atoms with Crippen molar-refractivity contribution in [1.82, 2.24) is 5.32 Å². The Labute approximate surface area is 199 Å². The minimum Gasteiger partial charge on any atom is -0.356 e. The predicted octanol–water partition coefficient (Wildman–Crippen LogP) is 5.13. The number of anilines is 1. The van der Waals surface area contributed by atoms with Crippen LogP contribution in [-0.4, -0.2) is 26.6 Å². The molecule has 0 spiro atoms. The van der Waals surface area contributed by atoms with Gasteiger partial charge in [0.25, 0.3) is 5.91 Å². The van der Waals surface area contributed by atoms with E-state index in [0.29, 0.717) is 5.56 Å². The summed E-state index contributed by atoms with van der Waals surface area (Å²) in [5, 5.41) is 4.61. The van der Waals surface area contributed by atoms with Crippen molar-refractivity contribution in [1.29, 1.82) is 0 Å². The first-order valence-corrected chi connectivity index (χ1v) is 12.9. The fourth-order valence-corrected chi connectivity index (χ4v) is 4.82. The van der Waals surface area contributed by atoms with Gasteiger partial charge in [-0.05, 0) is 53.9 Å². The van der Waals surface area contributed by atoms with Gasteiger partial charge in [-0.2, -0.15) is 0 Å². The lowest BCUT2D eigenvalue weighted by molar-refractivity contribution is 0.0947. The molecule has 2 atom stereocenters. The van der Waals surface area contributed by atoms with Gasteiger partial charge >= 0.3 is 0 Å². The number of fused-ring (bicyclic) bond motifs is 1. The number of carbonyl (C=O) groups excluding carboxylic acids is 1. The van der Waals surface area contributed by atoms with Crippen molar-refractivity contribution < 1.29 is 13.2 Å². The smallest absolute Gasteiger partial charge is 0.251 e. The maximum absolute atomic E-state index is 12.6. The van der Waals surface area contributed by atoms with E-state index in [2.05, 4.69) is 28.4 Å². The number of hydrogen-bond acceptors (Lipinski definition) is 4. The molecule has 3 aromatic carbocycles. The van der Waals surface area contributed by atoms with Gasteiger partial charge in [-0.1, -0.05) is 60.1 Å². The average molecular weight is 481 g/mol. The second-order valence-corrected chi connectivity index (χ2v) is 10.6. The molecule has 4 rings (SSSR count). The summed E-state index contributed by atoms with van der Waals surface area (Å²) >= 11 is 6.57. The highest BCUT2D eigenvalue weighted by Crippen LogP contribution is 2.43. The van der Waals surface area contributed by atoms with Crippen LogP contribution in [0.2, 0.25) is 5.02 Å². The monoisotopic (exact) mass is 480 g/mol. The number of sulfone groups is 1.